The number of rotatable bonds is 14. The molecule has 0 fully saturated rings. The molecule has 0 spiro atoms. The SMILES string of the molecule is C=C(NC(/C=C\S)=C(/C)CCCCC)c1ccc(NC(=O)c2ccccc2-c2ccccc2)c(O)c1.CCCCC(C)=O. The highest BCUT2D eigenvalue weighted by molar-refractivity contribution is 7.83. The van der Waals surface area contributed by atoms with Gasteiger partial charge in [0.1, 0.15) is 11.5 Å². The van der Waals surface area contributed by atoms with E-state index < -0.39 is 0 Å². The van der Waals surface area contributed by atoms with Crippen molar-refractivity contribution in [2.24, 2.45) is 0 Å². The van der Waals surface area contributed by atoms with Crippen LogP contribution in [0, 0.1) is 0 Å². The highest BCUT2D eigenvalue weighted by Crippen LogP contribution is 2.29. The Kier molecular flexibility index (Phi) is 15.7. The first-order valence-electron chi connectivity index (χ1n) is 15.0. The lowest BCUT2D eigenvalue weighted by atomic mass is 9.99. The molecule has 3 aromatic rings. The second kappa shape index (κ2) is 19.2. The van der Waals surface area contributed by atoms with Gasteiger partial charge in [-0.05, 0) is 79.5 Å². The third-order valence-corrected chi connectivity index (χ3v) is 7.02. The number of aromatic hydroxyl groups is 1. The Morgan fingerprint density at radius 2 is 1.56 bits per heavy atom. The second-order valence-corrected chi connectivity index (χ2v) is 10.8. The van der Waals surface area contributed by atoms with Crippen LogP contribution in [0.1, 0.15) is 88.6 Å². The molecule has 0 aliphatic carbocycles. The summed E-state index contributed by atoms with van der Waals surface area (Å²) in [5.74, 6) is -0.0147. The maximum atomic E-state index is 13.1. The van der Waals surface area contributed by atoms with Gasteiger partial charge in [0.2, 0.25) is 0 Å². The first kappa shape index (κ1) is 35.2. The number of Topliss-reactive ketones (excluding diaryl/α,β-unsaturated/α-hetero) is 1. The second-order valence-electron chi connectivity index (χ2n) is 10.5. The lowest BCUT2D eigenvalue weighted by Gasteiger charge is -2.16. The Hall–Kier alpha value is -4.03. The number of phenols is 1. The van der Waals surface area contributed by atoms with Gasteiger partial charge in [0.05, 0.1) is 5.69 Å². The molecule has 0 saturated heterocycles. The van der Waals surface area contributed by atoms with Crippen LogP contribution >= 0.6 is 12.6 Å². The van der Waals surface area contributed by atoms with Crippen molar-refractivity contribution in [1.82, 2.24) is 5.32 Å². The molecular formula is C37H46N2O3S. The number of hydrogen-bond donors (Lipinski definition) is 4. The molecule has 0 bridgehead atoms. The predicted octanol–water partition coefficient (Wildman–Crippen LogP) is 9.94. The van der Waals surface area contributed by atoms with Crippen LogP contribution in [0.5, 0.6) is 5.75 Å². The van der Waals surface area contributed by atoms with Gasteiger partial charge in [0.15, 0.2) is 0 Å². The lowest BCUT2D eigenvalue weighted by Crippen LogP contribution is -2.14. The van der Waals surface area contributed by atoms with E-state index in [1.54, 1.807) is 30.5 Å². The summed E-state index contributed by atoms with van der Waals surface area (Å²) in [6.07, 6.45) is 9.32. The number of nitrogens with one attached hydrogen (secondary N) is 2. The summed E-state index contributed by atoms with van der Waals surface area (Å²) >= 11 is 4.23. The Morgan fingerprint density at radius 1 is 0.884 bits per heavy atom. The molecule has 0 aromatic heterocycles. The molecule has 0 unspecified atom stereocenters. The van der Waals surface area contributed by atoms with E-state index >= 15 is 0 Å². The average Bonchev–Trinajstić information content (AvgIpc) is 3.01. The van der Waals surface area contributed by atoms with E-state index in [1.165, 1.54) is 18.4 Å². The first-order valence-corrected chi connectivity index (χ1v) is 15.5. The number of ketones is 1. The number of carbonyl (C=O) groups excluding carboxylic acids is 2. The van der Waals surface area contributed by atoms with Crippen molar-refractivity contribution in [3.8, 4) is 16.9 Å². The Morgan fingerprint density at radius 3 is 2.16 bits per heavy atom. The quantitative estimate of drug-likeness (QED) is 0.0644. The summed E-state index contributed by atoms with van der Waals surface area (Å²) in [6.45, 7) is 12.2. The van der Waals surface area contributed by atoms with Crippen molar-refractivity contribution in [3.05, 3.63) is 113 Å². The van der Waals surface area contributed by atoms with E-state index in [-0.39, 0.29) is 11.7 Å². The Labute approximate surface area is 263 Å². The topological polar surface area (TPSA) is 78.4 Å². The Balaban J connectivity index is 0.000000821. The molecular weight excluding hydrogens is 552 g/mol. The summed E-state index contributed by atoms with van der Waals surface area (Å²) in [6, 6.07) is 22.3. The van der Waals surface area contributed by atoms with E-state index in [1.807, 2.05) is 60.7 Å². The van der Waals surface area contributed by atoms with Crippen molar-refractivity contribution < 1.29 is 14.7 Å². The molecule has 0 heterocycles. The van der Waals surface area contributed by atoms with Crippen LogP contribution in [0.25, 0.3) is 16.8 Å². The number of hydrogen-bond acceptors (Lipinski definition) is 5. The van der Waals surface area contributed by atoms with Gasteiger partial charge in [-0.25, -0.2) is 0 Å². The van der Waals surface area contributed by atoms with E-state index in [0.29, 0.717) is 22.7 Å². The number of unbranched alkanes of at least 4 members (excludes halogenated alkanes) is 3. The van der Waals surface area contributed by atoms with Gasteiger partial charge in [-0.2, -0.15) is 12.6 Å². The van der Waals surface area contributed by atoms with E-state index in [0.717, 1.165) is 54.5 Å². The number of phenolic OH excluding ortho intramolecular Hbond substituents is 1. The molecule has 0 aliphatic heterocycles. The van der Waals surface area contributed by atoms with Gasteiger partial charge in [-0.3, -0.25) is 4.79 Å². The Bertz CT molecular complexity index is 1410. The molecule has 6 heteroatoms. The van der Waals surface area contributed by atoms with Gasteiger partial charge in [-0.1, -0.05) is 94.3 Å². The van der Waals surface area contributed by atoms with E-state index in [4.69, 9.17) is 0 Å². The number of amides is 1. The molecule has 43 heavy (non-hydrogen) atoms. The first-order chi connectivity index (χ1) is 20.7. The third-order valence-electron chi connectivity index (χ3n) is 6.88. The van der Waals surface area contributed by atoms with Crippen molar-refractivity contribution in [2.45, 2.75) is 72.6 Å². The fourth-order valence-corrected chi connectivity index (χ4v) is 4.51. The maximum absolute atomic E-state index is 13.1. The summed E-state index contributed by atoms with van der Waals surface area (Å²) in [5, 5.41) is 18.6. The molecule has 0 aliphatic rings. The zero-order valence-corrected chi connectivity index (χ0v) is 26.8. The van der Waals surface area contributed by atoms with Crippen molar-refractivity contribution >= 4 is 35.7 Å². The highest BCUT2D eigenvalue weighted by atomic mass is 32.1. The largest absolute Gasteiger partial charge is 0.506 e. The van der Waals surface area contributed by atoms with E-state index in [9.17, 15) is 14.7 Å². The van der Waals surface area contributed by atoms with Crippen LogP contribution in [-0.2, 0) is 4.79 Å². The molecule has 3 rings (SSSR count). The monoisotopic (exact) mass is 598 g/mol. The van der Waals surface area contributed by atoms with Crippen LogP contribution in [0.2, 0.25) is 0 Å². The zero-order valence-electron chi connectivity index (χ0n) is 26.0. The summed E-state index contributed by atoms with van der Waals surface area (Å²) in [4.78, 5) is 23.3. The number of benzene rings is 3. The van der Waals surface area contributed by atoms with Gasteiger partial charge >= 0.3 is 0 Å². The van der Waals surface area contributed by atoms with Crippen LogP contribution in [-0.4, -0.2) is 16.8 Å². The van der Waals surface area contributed by atoms with Gasteiger partial charge in [-0.15, -0.1) is 0 Å². The number of thiol groups is 1. The molecule has 3 aromatic carbocycles. The predicted molar refractivity (Wildman–Crippen MR) is 185 cm³/mol. The number of allylic oxidation sites excluding steroid dienone is 2. The van der Waals surface area contributed by atoms with Crippen molar-refractivity contribution in [1.29, 1.82) is 0 Å². The highest BCUT2D eigenvalue weighted by Gasteiger charge is 2.15. The minimum absolute atomic E-state index is 0.0315. The molecule has 0 atom stereocenters. The lowest BCUT2D eigenvalue weighted by molar-refractivity contribution is -0.117. The third kappa shape index (κ3) is 12.0. The molecule has 1 amide bonds. The van der Waals surface area contributed by atoms with Crippen LogP contribution in [0.4, 0.5) is 5.69 Å². The minimum Gasteiger partial charge on any atom is -0.506 e. The molecule has 0 saturated carbocycles. The summed E-state index contributed by atoms with van der Waals surface area (Å²) in [7, 11) is 0. The molecule has 3 N–H and O–H groups in total. The zero-order chi connectivity index (χ0) is 31.6. The molecule has 5 nitrogen and oxygen atoms in total. The molecule has 228 valence electrons. The van der Waals surface area contributed by atoms with Gasteiger partial charge in [0.25, 0.3) is 5.91 Å². The van der Waals surface area contributed by atoms with Crippen molar-refractivity contribution in [3.63, 3.8) is 0 Å². The smallest absolute Gasteiger partial charge is 0.256 e. The van der Waals surface area contributed by atoms with Gasteiger partial charge < -0.3 is 20.5 Å². The van der Waals surface area contributed by atoms with Crippen molar-refractivity contribution in [2.75, 3.05) is 5.32 Å². The normalized spacial score (nSPS) is 11.3. The van der Waals surface area contributed by atoms with Gasteiger partial charge in [0, 0.05) is 28.9 Å². The maximum Gasteiger partial charge on any atom is 0.256 e. The summed E-state index contributed by atoms with van der Waals surface area (Å²) < 4.78 is 0. The fourth-order valence-electron chi connectivity index (χ4n) is 4.37. The standard InChI is InChI=1S/C31H34N2O2S.C6H12O/c1-4-5-7-12-22(2)28(19-20-36)32-23(3)25-17-18-29(30(34)21-25)33-31(35)27-16-11-10-15-26(27)24-13-8-6-9-14-24;1-3-4-5-6(2)7/h6,8-11,13-21,32,34,36H,3-5,7,12H2,1-2H3,(H,33,35);3-5H2,1-2H3/b20-19-,28-22-;. The van der Waals surface area contributed by atoms with Crippen LogP contribution in [0.3, 0.4) is 0 Å². The minimum atomic E-state index is -0.290. The molecule has 0 radical (unpaired) electrons. The summed E-state index contributed by atoms with van der Waals surface area (Å²) in [5.41, 5.74) is 6.19. The number of carbonyl (C=O) groups is 2. The van der Waals surface area contributed by atoms with E-state index in [2.05, 4.69) is 50.6 Å². The fraction of sp³-hybridized carbons (Fsp3) is 0.297. The average molecular weight is 599 g/mol. The number of anilines is 1. The van der Waals surface area contributed by atoms with Crippen LogP contribution in [0.15, 0.2) is 102 Å². The van der Waals surface area contributed by atoms with Crippen LogP contribution < -0.4 is 10.6 Å².